The summed E-state index contributed by atoms with van der Waals surface area (Å²) in [6.07, 6.45) is 6.62. The summed E-state index contributed by atoms with van der Waals surface area (Å²) in [5, 5.41) is 5.83. The van der Waals surface area contributed by atoms with Gasteiger partial charge in [-0.25, -0.2) is 4.98 Å². The minimum atomic E-state index is 0.753. The summed E-state index contributed by atoms with van der Waals surface area (Å²) < 4.78 is 0. The van der Waals surface area contributed by atoms with Gasteiger partial charge in [-0.1, -0.05) is 13.8 Å². The standard InChI is InChI=1S/C14H24N2S/c1-11(2)12-3-5-13(6-4-12)15-8-7-14-9-17-10-16-14/h9-13,15H,3-8H2,1-2H3. The third-order valence-corrected chi connectivity index (χ3v) is 4.65. The Hall–Kier alpha value is -0.410. The number of nitrogens with zero attached hydrogens (tertiary/aromatic N) is 1. The summed E-state index contributed by atoms with van der Waals surface area (Å²) in [4.78, 5) is 4.31. The molecule has 0 amide bonds. The Morgan fingerprint density at radius 1 is 1.35 bits per heavy atom. The molecule has 0 spiro atoms. The van der Waals surface area contributed by atoms with Crippen molar-refractivity contribution in [3.05, 3.63) is 16.6 Å². The number of hydrogen-bond acceptors (Lipinski definition) is 3. The third-order valence-electron chi connectivity index (χ3n) is 4.01. The van der Waals surface area contributed by atoms with Crippen LogP contribution in [-0.4, -0.2) is 17.6 Å². The minimum absolute atomic E-state index is 0.753. The highest BCUT2D eigenvalue weighted by Gasteiger charge is 2.22. The molecule has 1 N–H and O–H groups in total. The maximum Gasteiger partial charge on any atom is 0.0794 e. The first-order valence-electron chi connectivity index (χ1n) is 6.86. The molecule has 0 saturated heterocycles. The van der Waals surface area contributed by atoms with Gasteiger partial charge in [0, 0.05) is 24.4 Å². The van der Waals surface area contributed by atoms with E-state index in [1.54, 1.807) is 11.3 Å². The van der Waals surface area contributed by atoms with Crippen LogP contribution in [0.25, 0.3) is 0 Å². The summed E-state index contributed by atoms with van der Waals surface area (Å²) >= 11 is 1.69. The molecule has 0 radical (unpaired) electrons. The van der Waals surface area contributed by atoms with Crippen molar-refractivity contribution in [2.45, 2.75) is 52.0 Å². The van der Waals surface area contributed by atoms with Gasteiger partial charge in [-0.3, -0.25) is 0 Å². The number of aromatic nitrogens is 1. The summed E-state index contributed by atoms with van der Waals surface area (Å²) in [6, 6.07) is 0.753. The van der Waals surface area contributed by atoms with Crippen LogP contribution in [0.15, 0.2) is 10.9 Å². The van der Waals surface area contributed by atoms with Crippen molar-refractivity contribution in [1.29, 1.82) is 0 Å². The molecule has 1 fully saturated rings. The van der Waals surface area contributed by atoms with Crippen molar-refractivity contribution in [2.75, 3.05) is 6.54 Å². The number of hydrogen-bond donors (Lipinski definition) is 1. The molecule has 0 bridgehead atoms. The van der Waals surface area contributed by atoms with Gasteiger partial charge in [-0.2, -0.15) is 0 Å². The van der Waals surface area contributed by atoms with Gasteiger partial charge in [0.1, 0.15) is 0 Å². The van der Waals surface area contributed by atoms with Crippen LogP contribution in [0.5, 0.6) is 0 Å². The van der Waals surface area contributed by atoms with Gasteiger partial charge in [0.05, 0.1) is 11.2 Å². The Morgan fingerprint density at radius 3 is 2.71 bits per heavy atom. The lowest BCUT2D eigenvalue weighted by atomic mass is 9.80. The van der Waals surface area contributed by atoms with Gasteiger partial charge >= 0.3 is 0 Å². The lowest BCUT2D eigenvalue weighted by Gasteiger charge is -2.31. The quantitative estimate of drug-likeness (QED) is 0.867. The SMILES string of the molecule is CC(C)C1CCC(NCCc2cscn2)CC1. The van der Waals surface area contributed by atoms with Crippen LogP contribution in [0.3, 0.4) is 0 Å². The van der Waals surface area contributed by atoms with E-state index in [1.807, 2.05) is 5.51 Å². The van der Waals surface area contributed by atoms with E-state index in [9.17, 15) is 0 Å². The number of nitrogens with one attached hydrogen (secondary N) is 1. The normalized spacial score (nSPS) is 25.4. The monoisotopic (exact) mass is 252 g/mol. The molecule has 1 aromatic rings. The van der Waals surface area contributed by atoms with Crippen molar-refractivity contribution < 1.29 is 0 Å². The second kappa shape index (κ2) is 6.50. The second-order valence-corrected chi connectivity index (χ2v) is 6.26. The highest BCUT2D eigenvalue weighted by Crippen LogP contribution is 2.29. The van der Waals surface area contributed by atoms with Crippen LogP contribution < -0.4 is 5.32 Å². The molecule has 96 valence electrons. The third kappa shape index (κ3) is 4.07. The fourth-order valence-corrected chi connectivity index (χ4v) is 3.35. The molecular formula is C14H24N2S. The van der Waals surface area contributed by atoms with E-state index in [0.717, 1.165) is 30.8 Å². The fourth-order valence-electron chi connectivity index (χ4n) is 2.76. The zero-order chi connectivity index (χ0) is 12.1. The summed E-state index contributed by atoms with van der Waals surface area (Å²) in [5.41, 5.74) is 3.15. The largest absolute Gasteiger partial charge is 0.314 e. The highest BCUT2D eigenvalue weighted by molar-refractivity contribution is 7.07. The maximum atomic E-state index is 4.31. The van der Waals surface area contributed by atoms with Gasteiger partial charge in [0.15, 0.2) is 0 Å². The van der Waals surface area contributed by atoms with Gasteiger partial charge in [0.2, 0.25) is 0 Å². The van der Waals surface area contributed by atoms with E-state index < -0.39 is 0 Å². The van der Waals surface area contributed by atoms with Crippen LogP contribution in [-0.2, 0) is 6.42 Å². The Labute approximate surface area is 109 Å². The van der Waals surface area contributed by atoms with Crippen LogP contribution >= 0.6 is 11.3 Å². The summed E-state index contributed by atoms with van der Waals surface area (Å²) in [6.45, 7) is 5.81. The number of rotatable bonds is 5. The van der Waals surface area contributed by atoms with Crippen molar-refractivity contribution in [3.8, 4) is 0 Å². The van der Waals surface area contributed by atoms with Gasteiger partial charge < -0.3 is 5.32 Å². The molecule has 1 aliphatic carbocycles. The van der Waals surface area contributed by atoms with Crippen molar-refractivity contribution in [2.24, 2.45) is 11.8 Å². The smallest absolute Gasteiger partial charge is 0.0794 e. The Balaban J connectivity index is 1.62. The lowest BCUT2D eigenvalue weighted by molar-refractivity contribution is 0.239. The van der Waals surface area contributed by atoms with E-state index in [-0.39, 0.29) is 0 Å². The Kier molecular flexibility index (Phi) is 4.99. The van der Waals surface area contributed by atoms with Gasteiger partial charge in [-0.05, 0) is 37.5 Å². The number of thiazole rings is 1. The van der Waals surface area contributed by atoms with E-state index in [2.05, 4.69) is 29.5 Å². The minimum Gasteiger partial charge on any atom is -0.314 e. The molecule has 17 heavy (non-hydrogen) atoms. The first-order chi connectivity index (χ1) is 8.25. The average molecular weight is 252 g/mol. The highest BCUT2D eigenvalue weighted by atomic mass is 32.1. The molecule has 0 unspecified atom stereocenters. The first kappa shape index (κ1) is 13.0. The molecular weight excluding hydrogens is 228 g/mol. The predicted molar refractivity (Wildman–Crippen MR) is 74.4 cm³/mol. The molecule has 2 nitrogen and oxygen atoms in total. The zero-order valence-corrected chi connectivity index (χ0v) is 11.8. The second-order valence-electron chi connectivity index (χ2n) is 5.54. The molecule has 1 saturated carbocycles. The first-order valence-corrected chi connectivity index (χ1v) is 7.80. The van der Waals surface area contributed by atoms with Crippen LogP contribution in [0.1, 0.15) is 45.2 Å². The molecule has 1 aromatic heterocycles. The molecule has 3 heteroatoms. The van der Waals surface area contributed by atoms with Crippen molar-refractivity contribution >= 4 is 11.3 Å². The molecule has 0 atom stereocenters. The zero-order valence-electron chi connectivity index (χ0n) is 11.0. The van der Waals surface area contributed by atoms with Crippen LogP contribution in [0.2, 0.25) is 0 Å². The fraction of sp³-hybridized carbons (Fsp3) is 0.786. The lowest BCUT2D eigenvalue weighted by Crippen LogP contribution is -2.35. The Bertz CT molecular complexity index is 300. The van der Waals surface area contributed by atoms with Crippen molar-refractivity contribution in [3.63, 3.8) is 0 Å². The van der Waals surface area contributed by atoms with Crippen molar-refractivity contribution in [1.82, 2.24) is 10.3 Å². The molecule has 1 heterocycles. The maximum absolute atomic E-state index is 4.31. The molecule has 0 aromatic carbocycles. The average Bonchev–Trinajstić information content (AvgIpc) is 2.83. The topological polar surface area (TPSA) is 24.9 Å². The molecule has 2 rings (SSSR count). The van der Waals surface area contributed by atoms with Gasteiger partial charge in [-0.15, -0.1) is 11.3 Å². The van der Waals surface area contributed by atoms with E-state index in [0.29, 0.717) is 0 Å². The summed E-state index contributed by atoms with van der Waals surface area (Å²) in [7, 11) is 0. The van der Waals surface area contributed by atoms with E-state index in [1.165, 1.54) is 31.4 Å². The molecule has 1 aliphatic rings. The van der Waals surface area contributed by atoms with Gasteiger partial charge in [0.25, 0.3) is 0 Å². The molecule has 0 aliphatic heterocycles. The van der Waals surface area contributed by atoms with E-state index >= 15 is 0 Å². The van der Waals surface area contributed by atoms with Crippen LogP contribution in [0, 0.1) is 11.8 Å². The predicted octanol–water partition coefficient (Wildman–Crippen LogP) is 3.49. The summed E-state index contributed by atoms with van der Waals surface area (Å²) in [5.74, 6) is 1.83. The van der Waals surface area contributed by atoms with Crippen LogP contribution in [0.4, 0.5) is 0 Å². The van der Waals surface area contributed by atoms with E-state index in [4.69, 9.17) is 0 Å². The Morgan fingerprint density at radius 2 is 2.12 bits per heavy atom.